The largest absolute Gasteiger partial charge is 0.493 e. The average Bonchev–Trinajstić information content (AvgIpc) is 2.92. The van der Waals surface area contributed by atoms with Crippen molar-refractivity contribution in [1.82, 2.24) is 19.7 Å². The fraction of sp³-hybridized carbons (Fsp3) is 0.214. The summed E-state index contributed by atoms with van der Waals surface area (Å²) in [6.45, 7) is 4.46. The SMILES string of the molecule is CC(C)COc1cc(F)cc(-c2ccc(C(=O)NS(=O)(=O)c3cccc(N)n3)c(OCCc3cccnc3)n2)c1. The first-order chi connectivity index (χ1) is 19.1. The van der Waals surface area contributed by atoms with Gasteiger partial charge in [-0.05, 0) is 53.9 Å². The maximum absolute atomic E-state index is 14.4. The van der Waals surface area contributed by atoms with Crippen LogP contribution < -0.4 is 19.9 Å². The summed E-state index contributed by atoms with van der Waals surface area (Å²) >= 11 is 0. The van der Waals surface area contributed by atoms with Crippen LogP contribution in [-0.2, 0) is 16.4 Å². The van der Waals surface area contributed by atoms with Crippen molar-refractivity contribution >= 4 is 21.7 Å². The molecule has 0 bridgehead atoms. The Kier molecular flexibility index (Phi) is 8.90. The number of halogens is 1. The third-order valence-electron chi connectivity index (χ3n) is 5.46. The Morgan fingerprint density at radius 3 is 2.60 bits per heavy atom. The van der Waals surface area contributed by atoms with E-state index in [2.05, 4.69) is 15.0 Å². The van der Waals surface area contributed by atoms with Gasteiger partial charge in [0.15, 0.2) is 5.03 Å². The van der Waals surface area contributed by atoms with Crippen molar-refractivity contribution in [3.8, 4) is 22.9 Å². The Hall–Kier alpha value is -4.58. The maximum atomic E-state index is 14.4. The lowest BCUT2D eigenvalue weighted by Crippen LogP contribution is -2.31. The van der Waals surface area contributed by atoms with Crippen LogP contribution in [0.15, 0.2) is 78.1 Å². The molecule has 3 aromatic heterocycles. The van der Waals surface area contributed by atoms with Gasteiger partial charge in [0.1, 0.15) is 22.9 Å². The van der Waals surface area contributed by atoms with E-state index in [0.29, 0.717) is 30.0 Å². The second kappa shape index (κ2) is 12.5. The molecule has 0 spiro atoms. The number of pyridine rings is 3. The molecule has 1 amide bonds. The summed E-state index contributed by atoms with van der Waals surface area (Å²) in [4.78, 5) is 25.4. The molecule has 0 aliphatic carbocycles. The number of aromatic nitrogens is 3. The van der Waals surface area contributed by atoms with Crippen molar-refractivity contribution in [2.24, 2.45) is 5.92 Å². The molecule has 0 radical (unpaired) electrons. The lowest BCUT2D eigenvalue weighted by atomic mass is 10.1. The number of nitrogens with two attached hydrogens (primary N) is 1. The molecule has 0 unspecified atom stereocenters. The second-order valence-electron chi connectivity index (χ2n) is 9.22. The molecule has 0 saturated carbocycles. The van der Waals surface area contributed by atoms with Crippen LogP contribution in [0, 0.1) is 11.7 Å². The third kappa shape index (κ3) is 7.50. The molecule has 12 heteroatoms. The quantitative estimate of drug-likeness (QED) is 0.275. The zero-order valence-electron chi connectivity index (χ0n) is 21.9. The van der Waals surface area contributed by atoms with E-state index in [0.717, 1.165) is 5.56 Å². The maximum Gasteiger partial charge on any atom is 0.281 e. The number of carbonyl (C=O) groups is 1. The molecular weight excluding hydrogens is 537 g/mol. The number of hydrogen-bond acceptors (Lipinski definition) is 9. The van der Waals surface area contributed by atoms with Gasteiger partial charge in [0.2, 0.25) is 5.88 Å². The lowest BCUT2D eigenvalue weighted by molar-refractivity contribution is 0.0976. The number of anilines is 1. The summed E-state index contributed by atoms with van der Waals surface area (Å²) in [7, 11) is -4.35. The Morgan fingerprint density at radius 2 is 1.88 bits per heavy atom. The number of nitrogens with zero attached hydrogens (tertiary/aromatic N) is 3. The summed E-state index contributed by atoms with van der Waals surface area (Å²) < 4.78 is 53.5. The fourth-order valence-corrected chi connectivity index (χ4v) is 4.50. The Labute approximate surface area is 231 Å². The number of carbonyl (C=O) groups excluding carboxylic acids is 1. The molecule has 0 aliphatic rings. The molecule has 1 aromatic carbocycles. The van der Waals surface area contributed by atoms with Crippen LogP contribution in [0.5, 0.6) is 11.6 Å². The van der Waals surface area contributed by atoms with Gasteiger partial charge in [0, 0.05) is 30.4 Å². The molecule has 4 rings (SSSR count). The Bertz CT molecular complexity index is 1600. The van der Waals surface area contributed by atoms with Crippen molar-refractivity contribution in [3.05, 3.63) is 90.0 Å². The smallest absolute Gasteiger partial charge is 0.281 e. The summed E-state index contributed by atoms with van der Waals surface area (Å²) in [5, 5.41) is -0.418. The van der Waals surface area contributed by atoms with Crippen LogP contribution in [0.4, 0.5) is 10.2 Å². The number of amides is 1. The number of nitrogens with one attached hydrogen (secondary N) is 1. The van der Waals surface area contributed by atoms with Crippen LogP contribution in [0.1, 0.15) is 29.8 Å². The number of sulfonamides is 1. The summed E-state index contributed by atoms with van der Waals surface area (Å²) in [5.41, 5.74) is 7.02. The molecule has 0 atom stereocenters. The predicted octanol–water partition coefficient (Wildman–Crippen LogP) is 4.03. The minimum atomic E-state index is -4.35. The highest BCUT2D eigenvalue weighted by Gasteiger charge is 2.24. The monoisotopic (exact) mass is 565 g/mol. The standard InChI is InChI=1S/C28H28FN5O5S/c1-18(2)17-39-22-14-20(13-21(29)15-22)24-9-8-23(28(32-24)38-12-10-19-5-4-11-31-16-19)27(35)34-40(36,37)26-7-3-6-25(30)33-26/h3-9,11,13-16,18H,10,12,17H2,1-2H3,(H2,30,33)(H,34,35). The molecule has 3 N–H and O–H groups in total. The van der Waals surface area contributed by atoms with Crippen LogP contribution in [0.25, 0.3) is 11.3 Å². The molecule has 4 aromatic rings. The topological polar surface area (TPSA) is 146 Å². The van der Waals surface area contributed by atoms with Gasteiger partial charge in [0.05, 0.1) is 18.9 Å². The number of benzene rings is 1. The van der Waals surface area contributed by atoms with Crippen molar-refractivity contribution in [2.75, 3.05) is 18.9 Å². The number of nitrogen functional groups attached to an aromatic ring is 1. The lowest BCUT2D eigenvalue weighted by Gasteiger charge is -2.14. The molecule has 0 saturated heterocycles. The average molecular weight is 566 g/mol. The summed E-state index contributed by atoms with van der Waals surface area (Å²) in [6, 6.07) is 14.7. The number of ether oxygens (including phenoxy) is 2. The zero-order valence-corrected chi connectivity index (χ0v) is 22.7. The van der Waals surface area contributed by atoms with E-state index < -0.39 is 26.8 Å². The first kappa shape index (κ1) is 28.4. The summed E-state index contributed by atoms with van der Waals surface area (Å²) in [5.74, 6) is -1.11. The predicted molar refractivity (Wildman–Crippen MR) is 147 cm³/mol. The van der Waals surface area contributed by atoms with Gasteiger partial charge in [-0.3, -0.25) is 9.78 Å². The van der Waals surface area contributed by atoms with E-state index in [1.54, 1.807) is 24.5 Å². The highest BCUT2D eigenvalue weighted by Crippen LogP contribution is 2.28. The molecule has 208 valence electrons. The minimum Gasteiger partial charge on any atom is -0.493 e. The molecule has 40 heavy (non-hydrogen) atoms. The van der Waals surface area contributed by atoms with E-state index in [1.165, 1.54) is 42.5 Å². The fourth-order valence-electron chi connectivity index (χ4n) is 3.56. The van der Waals surface area contributed by atoms with Crippen LogP contribution in [0.3, 0.4) is 0 Å². The van der Waals surface area contributed by atoms with Crippen LogP contribution >= 0.6 is 0 Å². The highest BCUT2D eigenvalue weighted by atomic mass is 32.2. The van der Waals surface area contributed by atoms with Gasteiger partial charge in [-0.2, -0.15) is 8.42 Å². The van der Waals surface area contributed by atoms with E-state index in [9.17, 15) is 17.6 Å². The van der Waals surface area contributed by atoms with Crippen molar-refractivity contribution in [1.29, 1.82) is 0 Å². The van der Waals surface area contributed by atoms with Gasteiger partial charge < -0.3 is 15.2 Å². The van der Waals surface area contributed by atoms with E-state index >= 15 is 0 Å². The number of rotatable bonds is 11. The third-order valence-corrected chi connectivity index (χ3v) is 6.69. The van der Waals surface area contributed by atoms with Gasteiger partial charge in [-0.25, -0.2) is 19.1 Å². The van der Waals surface area contributed by atoms with Gasteiger partial charge in [-0.15, -0.1) is 0 Å². The van der Waals surface area contributed by atoms with Crippen molar-refractivity contribution in [2.45, 2.75) is 25.3 Å². The Morgan fingerprint density at radius 1 is 1.05 bits per heavy atom. The molecule has 3 heterocycles. The van der Waals surface area contributed by atoms with Gasteiger partial charge in [0.25, 0.3) is 15.9 Å². The molecule has 10 nitrogen and oxygen atoms in total. The highest BCUT2D eigenvalue weighted by molar-refractivity contribution is 7.90. The van der Waals surface area contributed by atoms with Crippen LogP contribution in [0.2, 0.25) is 0 Å². The molecule has 0 fully saturated rings. The van der Waals surface area contributed by atoms with Gasteiger partial charge >= 0.3 is 0 Å². The second-order valence-corrected chi connectivity index (χ2v) is 10.9. The molecule has 0 aliphatic heterocycles. The van der Waals surface area contributed by atoms with E-state index in [-0.39, 0.29) is 29.8 Å². The normalized spacial score (nSPS) is 11.3. The first-order valence-corrected chi connectivity index (χ1v) is 13.9. The zero-order chi connectivity index (χ0) is 28.7. The molecular formula is C28H28FN5O5S. The van der Waals surface area contributed by atoms with Gasteiger partial charge in [-0.1, -0.05) is 26.0 Å². The number of hydrogen-bond donors (Lipinski definition) is 2. The van der Waals surface area contributed by atoms with Crippen LogP contribution in [-0.4, -0.2) is 42.5 Å². The minimum absolute atomic E-state index is 0.0207. The van der Waals surface area contributed by atoms with E-state index in [1.807, 2.05) is 24.6 Å². The Balaban J connectivity index is 1.65. The van der Waals surface area contributed by atoms with E-state index in [4.69, 9.17) is 15.2 Å². The van der Waals surface area contributed by atoms with Crippen molar-refractivity contribution in [3.63, 3.8) is 0 Å². The van der Waals surface area contributed by atoms with Crippen molar-refractivity contribution < 1.29 is 27.1 Å². The first-order valence-electron chi connectivity index (χ1n) is 12.4. The summed E-state index contributed by atoms with van der Waals surface area (Å²) in [6.07, 6.45) is 3.77.